The predicted molar refractivity (Wildman–Crippen MR) is 120 cm³/mol. The average molecular weight is 441 g/mol. The SMILES string of the molecule is CCCC[C@H](NC(=O)CCc1c(C)c2cc3c(C(C)(C)C)coc3cc2oc1=O)C(=O)[O-]. The lowest BCUT2D eigenvalue weighted by atomic mass is 9.86. The second kappa shape index (κ2) is 9.18. The van der Waals surface area contributed by atoms with E-state index in [-0.39, 0.29) is 18.3 Å². The van der Waals surface area contributed by atoms with E-state index in [2.05, 4.69) is 26.1 Å². The number of carbonyl (C=O) groups excluding carboxylic acids is 2. The summed E-state index contributed by atoms with van der Waals surface area (Å²) < 4.78 is 11.2. The molecule has 7 nitrogen and oxygen atoms in total. The largest absolute Gasteiger partial charge is 0.548 e. The normalized spacial score (nSPS) is 12.9. The molecule has 0 spiro atoms. The zero-order valence-corrected chi connectivity index (χ0v) is 19.3. The predicted octanol–water partition coefficient (Wildman–Crippen LogP) is 3.50. The number of amides is 1. The molecule has 0 saturated heterocycles. The highest BCUT2D eigenvalue weighted by Gasteiger charge is 2.22. The van der Waals surface area contributed by atoms with Gasteiger partial charge in [-0.05, 0) is 36.8 Å². The quantitative estimate of drug-likeness (QED) is 0.537. The lowest BCUT2D eigenvalue weighted by molar-refractivity contribution is -0.308. The molecule has 0 fully saturated rings. The van der Waals surface area contributed by atoms with E-state index in [1.807, 2.05) is 19.9 Å². The summed E-state index contributed by atoms with van der Waals surface area (Å²) in [7, 11) is 0. The van der Waals surface area contributed by atoms with E-state index < -0.39 is 23.5 Å². The van der Waals surface area contributed by atoms with Gasteiger partial charge in [-0.15, -0.1) is 0 Å². The summed E-state index contributed by atoms with van der Waals surface area (Å²) in [5.41, 5.74) is 2.67. The Morgan fingerprint density at radius 2 is 1.88 bits per heavy atom. The summed E-state index contributed by atoms with van der Waals surface area (Å²) in [6, 6.07) is 2.66. The molecule has 1 N–H and O–H groups in total. The molecule has 7 heteroatoms. The van der Waals surface area contributed by atoms with Crippen LogP contribution < -0.4 is 16.0 Å². The van der Waals surface area contributed by atoms with Gasteiger partial charge in [-0.3, -0.25) is 4.79 Å². The summed E-state index contributed by atoms with van der Waals surface area (Å²) in [5, 5.41) is 15.5. The number of hydrogen-bond donors (Lipinski definition) is 1. The fourth-order valence-corrected chi connectivity index (χ4v) is 3.94. The Kier molecular flexibility index (Phi) is 6.77. The Bertz CT molecular complexity index is 1210. The van der Waals surface area contributed by atoms with Gasteiger partial charge in [0.1, 0.15) is 11.2 Å². The molecule has 0 radical (unpaired) electrons. The van der Waals surface area contributed by atoms with Gasteiger partial charge in [-0.1, -0.05) is 40.5 Å². The molecule has 1 amide bonds. The Morgan fingerprint density at radius 1 is 1.16 bits per heavy atom. The molecule has 3 aromatic rings. The van der Waals surface area contributed by atoms with Crippen molar-refractivity contribution in [1.29, 1.82) is 0 Å². The van der Waals surface area contributed by atoms with E-state index in [4.69, 9.17) is 8.83 Å². The van der Waals surface area contributed by atoms with Crippen LogP contribution in [0, 0.1) is 6.92 Å². The highest BCUT2D eigenvalue weighted by molar-refractivity contribution is 5.97. The standard InChI is InChI=1S/C25H31NO6/c1-6-7-8-19(23(28)29)26-22(27)10-9-15-14(2)16-11-17-18(25(3,4)5)13-31-20(17)12-21(16)32-24(15)30/h11-13,19H,6-10H2,1-5H3,(H,26,27)(H,28,29)/p-1/t19-/m0/s1. The van der Waals surface area contributed by atoms with Crippen molar-refractivity contribution in [2.75, 3.05) is 0 Å². The number of nitrogens with one attached hydrogen (secondary N) is 1. The fraction of sp³-hybridized carbons (Fsp3) is 0.480. The highest BCUT2D eigenvalue weighted by atomic mass is 16.4. The number of benzene rings is 1. The molecule has 1 atom stereocenters. The van der Waals surface area contributed by atoms with Crippen molar-refractivity contribution in [3.05, 3.63) is 45.5 Å². The maximum absolute atomic E-state index is 12.6. The van der Waals surface area contributed by atoms with Crippen molar-refractivity contribution in [1.82, 2.24) is 5.32 Å². The third-order valence-corrected chi connectivity index (χ3v) is 5.86. The van der Waals surface area contributed by atoms with Crippen molar-refractivity contribution in [3.63, 3.8) is 0 Å². The third kappa shape index (κ3) is 4.87. The minimum Gasteiger partial charge on any atom is -0.548 e. The first-order chi connectivity index (χ1) is 15.0. The van der Waals surface area contributed by atoms with Crippen molar-refractivity contribution in [3.8, 4) is 0 Å². The smallest absolute Gasteiger partial charge is 0.339 e. The van der Waals surface area contributed by atoms with Gasteiger partial charge in [0.25, 0.3) is 0 Å². The van der Waals surface area contributed by atoms with Crippen LogP contribution in [0.25, 0.3) is 21.9 Å². The average Bonchev–Trinajstić information content (AvgIpc) is 3.12. The van der Waals surface area contributed by atoms with Gasteiger partial charge >= 0.3 is 5.63 Å². The number of rotatable bonds is 8. The molecule has 172 valence electrons. The van der Waals surface area contributed by atoms with Gasteiger partial charge in [0, 0.05) is 34.4 Å². The molecule has 0 unspecified atom stereocenters. The van der Waals surface area contributed by atoms with E-state index in [0.717, 1.165) is 28.3 Å². The third-order valence-electron chi connectivity index (χ3n) is 5.86. The number of carbonyl (C=O) groups is 2. The van der Waals surface area contributed by atoms with Crippen LogP contribution in [0.2, 0.25) is 0 Å². The van der Waals surface area contributed by atoms with Crippen molar-refractivity contribution in [2.45, 2.75) is 78.2 Å². The van der Waals surface area contributed by atoms with Crippen LogP contribution in [0.1, 0.15) is 70.1 Å². The first-order valence-electron chi connectivity index (χ1n) is 11.0. The summed E-state index contributed by atoms with van der Waals surface area (Å²) in [4.78, 5) is 36.2. The van der Waals surface area contributed by atoms with E-state index >= 15 is 0 Å². The van der Waals surface area contributed by atoms with Gasteiger partial charge in [0.2, 0.25) is 5.91 Å². The molecule has 1 aromatic carbocycles. The number of hydrogen-bond acceptors (Lipinski definition) is 6. The Morgan fingerprint density at radius 3 is 2.50 bits per heavy atom. The summed E-state index contributed by atoms with van der Waals surface area (Å²) in [6.45, 7) is 10.1. The number of aliphatic carboxylic acids is 1. The molecule has 0 saturated carbocycles. The zero-order chi connectivity index (χ0) is 23.6. The van der Waals surface area contributed by atoms with E-state index in [1.54, 1.807) is 12.3 Å². The Labute approximate surface area is 186 Å². The minimum atomic E-state index is -1.30. The second-order valence-corrected chi connectivity index (χ2v) is 9.32. The van der Waals surface area contributed by atoms with Crippen LogP contribution in [0.4, 0.5) is 0 Å². The summed E-state index contributed by atoms with van der Waals surface area (Å²) >= 11 is 0. The van der Waals surface area contributed by atoms with Crippen molar-refractivity contribution < 1.29 is 23.5 Å². The molecular formula is C25H30NO6-. The maximum atomic E-state index is 12.6. The molecule has 0 aliphatic rings. The summed E-state index contributed by atoms with van der Waals surface area (Å²) in [5.74, 6) is -1.73. The maximum Gasteiger partial charge on any atom is 0.339 e. The van der Waals surface area contributed by atoms with Crippen LogP contribution in [-0.2, 0) is 21.4 Å². The molecule has 0 bridgehead atoms. The van der Waals surface area contributed by atoms with Crippen molar-refractivity contribution in [2.24, 2.45) is 0 Å². The number of fused-ring (bicyclic) bond motifs is 2. The molecule has 3 rings (SSSR count). The van der Waals surface area contributed by atoms with Gasteiger partial charge < -0.3 is 24.1 Å². The first-order valence-corrected chi connectivity index (χ1v) is 11.0. The highest BCUT2D eigenvalue weighted by Crippen LogP contribution is 2.35. The Balaban J connectivity index is 1.88. The van der Waals surface area contributed by atoms with Crippen molar-refractivity contribution >= 4 is 33.8 Å². The fourth-order valence-electron chi connectivity index (χ4n) is 3.94. The van der Waals surface area contributed by atoms with E-state index in [0.29, 0.717) is 29.6 Å². The van der Waals surface area contributed by atoms with Gasteiger partial charge in [0.05, 0.1) is 18.3 Å². The summed E-state index contributed by atoms with van der Waals surface area (Å²) in [6.07, 6.45) is 3.67. The van der Waals surface area contributed by atoms with Crippen LogP contribution in [-0.4, -0.2) is 17.9 Å². The number of carboxylic acid groups (broad SMARTS) is 1. The van der Waals surface area contributed by atoms with Gasteiger partial charge in [-0.2, -0.15) is 0 Å². The molecule has 2 heterocycles. The number of furan rings is 1. The Hall–Kier alpha value is -3.09. The molecule has 0 aliphatic carbocycles. The lowest BCUT2D eigenvalue weighted by Gasteiger charge is -2.19. The number of aryl methyl sites for hydroxylation is 1. The van der Waals surface area contributed by atoms with E-state index in [1.165, 1.54) is 0 Å². The molecule has 0 aliphatic heterocycles. The second-order valence-electron chi connectivity index (χ2n) is 9.32. The monoisotopic (exact) mass is 440 g/mol. The number of carboxylic acids is 1. The van der Waals surface area contributed by atoms with Crippen LogP contribution in [0.15, 0.2) is 32.0 Å². The molecular weight excluding hydrogens is 410 g/mol. The lowest BCUT2D eigenvalue weighted by Crippen LogP contribution is -2.47. The zero-order valence-electron chi connectivity index (χ0n) is 19.3. The minimum absolute atomic E-state index is 0.0196. The van der Waals surface area contributed by atoms with E-state index in [9.17, 15) is 19.5 Å². The first kappa shape index (κ1) is 23.6. The number of unbranched alkanes of at least 4 members (excludes halogenated alkanes) is 1. The van der Waals surface area contributed by atoms with Crippen LogP contribution in [0.5, 0.6) is 0 Å². The van der Waals surface area contributed by atoms with Crippen LogP contribution in [0.3, 0.4) is 0 Å². The topological polar surface area (TPSA) is 113 Å². The van der Waals surface area contributed by atoms with Crippen LogP contribution >= 0.6 is 0 Å². The van der Waals surface area contributed by atoms with Gasteiger partial charge in [-0.25, -0.2) is 4.79 Å². The molecule has 32 heavy (non-hydrogen) atoms. The van der Waals surface area contributed by atoms with Gasteiger partial charge in [0.15, 0.2) is 0 Å². The molecule has 2 aromatic heterocycles.